The molecule has 0 atom stereocenters. The van der Waals surface area contributed by atoms with Crippen LogP contribution in [0, 0.1) is 11.6 Å². The van der Waals surface area contributed by atoms with E-state index in [1.54, 1.807) is 12.1 Å². The van der Waals surface area contributed by atoms with Crippen LogP contribution in [0.4, 0.5) is 33.5 Å². The average molecular weight is 352 g/mol. The van der Waals surface area contributed by atoms with Crippen LogP contribution in [0.1, 0.15) is 5.69 Å². The van der Waals surface area contributed by atoms with Crippen LogP contribution in [0.2, 0.25) is 0 Å². The quantitative estimate of drug-likeness (QED) is 0.701. The minimum absolute atomic E-state index is 0.122. The normalized spacial score (nSPS) is 11.4. The van der Waals surface area contributed by atoms with E-state index in [1.165, 1.54) is 12.3 Å². The minimum Gasteiger partial charge on any atom is -0.338 e. The van der Waals surface area contributed by atoms with Gasteiger partial charge in [-0.1, -0.05) is 6.07 Å². The van der Waals surface area contributed by atoms with Crippen LogP contribution in [0.5, 0.6) is 0 Å². The largest absolute Gasteiger partial charge is 0.433 e. The van der Waals surface area contributed by atoms with E-state index in [-0.39, 0.29) is 23.0 Å². The summed E-state index contributed by atoms with van der Waals surface area (Å²) < 4.78 is 65.9. The monoisotopic (exact) mass is 352 g/mol. The van der Waals surface area contributed by atoms with Crippen LogP contribution in [-0.4, -0.2) is 15.0 Å². The summed E-state index contributed by atoms with van der Waals surface area (Å²) in [4.78, 5) is 11.3. The molecule has 0 saturated heterocycles. The molecule has 0 fully saturated rings. The van der Waals surface area contributed by atoms with E-state index in [0.717, 1.165) is 12.1 Å². The Kier molecular flexibility index (Phi) is 4.30. The van der Waals surface area contributed by atoms with Gasteiger partial charge in [0.1, 0.15) is 23.1 Å². The van der Waals surface area contributed by atoms with Gasteiger partial charge in [0.15, 0.2) is 11.5 Å². The van der Waals surface area contributed by atoms with Crippen molar-refractivity contribution in [2.24, 2.45) is 0 Å². The number of aromatic nitrogens is 3. The summed E-state index contributed by atoms with van der Waals surface area (Å²) >= 11 is 0. The Morgan fingerprint density at radius 1 is 0.920 bits per heavy atom. The van der Waals surface area contributed by atoms with Crippen molar-refractivity contribution in [1.82, 2.24) is 15.0 Å². The van der Waals surface area contributed by atoms with Crippen LogP contribution in [-0.2, 0) is 6.18 Å². The predicted molar refractivity (Wildman–Crippen MR) is 79.9 cm³/mol. The maximum absolute atomic E-state index is 13.7. The van der Waals surface area contributed by atoms with Gasteiger partial charge in [0, 0.05) is 18.3 Å². The Hall–Kier alpha value is -3.10. The Balaban J connectivity index is 2.06. The standard InChI is InChI=1S/C16H9F5N4/c17-9-4-5-11(10(18)7-9)23-14-8-13(16(19,20)21)24-15(25-14)12-3-1-2-6-22-12/h1-8H,(H,23,24,25). The average Bonchev–Trinajstić information content (AvgIpc) is 2.57. The van der Waals surface area contributed by atoms with E-state index in [1.807, 2.05) is 0 Å². The molecule has 9 heteroatoms. The fourth-order valence-electron chi connectivity index (χ4n) is 1.99. The lowest BCUT2D eigenvalue weighted by Crippen LogP contribution is -2.11. The third kappa shape index (κ3) is 3.87. The smallest absolute Gasteiger partial charge is 0.338 e. The number of nitrogens with one attached hydrogen (secondary N) is 1. The molecule has 128 valence electrons. The summed E-state index contributed by atoms with van der Waals surface area (Å²) in [5.74, 6) is -2.35. The van der Waals surface area contributed by atoms with Gasteiger partial charge in [-0.3, -0.25) is 4.98 Å². The van der Waals surface area contributed by atoms with Crippen molar-refractivity contribution in [3.05, 3.63) is 66.0 Å². The number of pyridine rings is 1. The summed E-state index contributed by atoms with van der Waals surface area (Å²) in [5, 5.41) is 2.40. The van der Waals surface area contributed by atoms with E-state index in [2.05, 4.69) is 20.3 Å². The van der Waals surface area contributed by atoms with Crippen molar-refractivity contribution < 1.29 is 22.0 Å². The zero-order chi connectivity index (χ0) is 18.0. The van der Waals surface area contributed by atoms with Gasteiger partial charge in [0.25, 0.3) is 0 Å². The number of hydrogen-bond acceptors (Lipinski definition) is 4. The summed E-state index contributed by atoms with van der Waals surface area (Å²) in [6.07, 6.45) is -3.35. The second kappa shape index (κ2) is 6.42. The molecule has 1 N–H and O–H groups in total. The van der Waals surface area contributed by atoms with Gasteiger partial charge < -0.3 is 5.32 Å². The first-order valence-corrected chi connectivity index (χ1v) is 6.93. The fourth-order valence-corrected chi connectivity index (χ4v) is 1.99. The lowest BCUT2D eigenvalue weighted by Gasteiger charge is -2.12. The number of rotatable bonds is 3. The third-order valence-corrected chi connectivity index (χ3v) is 3.10. The summed E-state index contributed by atoms with van der Waals surface area (Å²) in [6, 6.07) is 7.86. The second-order valence-corrected chi connectivity index (χ2v) is 4.92. The van der Waals surface area contributed by atoms with Crippen LogP contribution in [0.3, 0.4) is 0 Å². The maximum Gasteiger partial charge on any atom is 0.433 e. The molecular formula is C16H9F5N4. The molecule has 0 radical (unpaired) electrons. The van der Waals surface area contributed by atoms with Gasteiger partial charge in [-0.15, -0.1) is 0 Å². The Bertz CT molecular complexity index is 897. The van der Waals surface area contributed by atoms with E-state index in [9.17, 15) is 22.0 Å². The summed E-state index contributed by atoms with van der Waals surface area (Å²) in [7, 11) is 0. The molecule has 3 aromatic rings. The highest BCUT2D eigenvalue weighted by Gasteiger charge is 2.34. The SMILES string of the molecule is Fc1ccc(Nc2cc(C(F)(F)F)nc(-c3ccccn3)n2)c(F)c1. The molecule has 2 heterocycles. The number of nitrogens with zero attached hydrogens (tertiary/aromatic N) is 3. The fraction of sp³-hybridized carbons (Fsp3) is 0.0625. The number of alkyl halides is 3. The van der Waals surface area contributed by atoms with Gasteiger partial charge in [0.2, 0.25) is 0 Å². The topological polar surface area (TPSA) is 50.7 Å². The first-order valence-electron chi connectivity index (χ1n) is 6.93. The lowest BCUT2D eigenvalue weighted by molar-refractivity contribution is -0.141. The van der Waals surface area contributed by atoms with E-state index >= 15 is 0 Å². The van der Waals surface area contributed by atoms with Gasteiger partial charge in [0.05, 0.1) is 5.69 Å². The minimum atomic E-state index is -4.73. The molecule has 0 spiro atoms. The van der Waals surface area contributed by atoms with Crippen molar-refractivity contribution in [3.63, 3.8) is 0 Å². The third-order valence-electron chi connectivity index (χ3n) is 3.10. The van der Waals surface area contributed by atoms with Crippen molar-refractivity contribution in [1.29, 1.82) is 0 Å². The molecule has 0 amide bonds. The molecule has 1 aromatic carbocycles. The second-order valence-electron chi connectivity index (χ2n) is 4.92. The molecule has 3 rings (SSSR count). The molecule has 2 aromatic heterocycles. The zero-order valence-electron chi connectivity index (χ0n) is 12.4. The van der Waals surface area contributed by atoms with Crippen molar-refractivity contribution in [3.8, 4) is 11.5 Å². The lowest BCUT2D eigenvalue weighted by atomic mass is 10.2. The molecule has 0 saturated carbocycles. The highest BCUT2D eigenvalue weighted by atomic mass is 19.4. The van der Waals surface area contributed by atoms with E-state index in [4.69, 9.17) is 0 Å². The van der Waals surface area contributed by atoms with Gasteiger partial charge in [-0.2, -0.15) is 13.2 Å². The molecule has 0 unspecified atom stereocenters. The van der Waals surface area contributed by atoms with Gasteiger partial charge in [-0.05, 0) is 24.3 Å². The number of hydrogen-bond donors (Lipinski definition) is 1. The van der Waals surface area contributed by atoms with Crippen molar-refractivity contribution >= 4 is 11.5 Å². The maximum atomic E-state index is 13.7. The van der Waals surface area contributed by atoms with Gasteiger partial charge in [-0.25, -0.2) is 18.7 Å². The highest BCUT2D eigenvalue weighted by molar-refractivity contribution is 5.60. The van der Waals surface area contributed by atoms with Crippen LogP contribution in [0.25, 0.3) is 11.5 Å². The first-order chi connectivity index (χ1) is 11.8. The van der Waals surface area contributed by atoms with E-state index in [0.29, 0.717) is 12.1 Å². The molecular weight excluding hydrogens is 343 g/mol. The summed E-state index contributed by atoms with van der Waals surface area (Å²) in [6.45, 7) is 0. The van der Waals surface area contributed by atoms with Crippen molar-refractivity contribution in [2.75, 3.05) is 5.32 Å². The Morgan fingerprint density at radius 2 is 1.72 bits per heavy atom. The molecule has 4 nitrogen and oxygen atoms in total. The predicted octanol–water partition coefficient (Wildman–Crippen LogP) is 4.58. The molecule has 0 aliphatic carbocycles. The molecule has 0 aliphatic heterocycles. The number of anilines is 2. The molecule has 25 heavy (non-hydrogen) atoms. The van der Waals surface area contributed by atoms with Gasteiger partial charge >= 0.3 is 6.18 Å². The Morgan fingerprint density at radius 3 is 2.36 bits per heavy atom. The van der Waals surface area contributed by atoms with Crippen LogP contribution < -0.4 is 5.32 Å². The van der Waals surface area contributed by atoms with Crippen LogP contribution >= 0.6 is 0 Å². The van der Waals surface area contributed by atoms with Crippen molar-refractivity contribution in [2.45, 2.75) is 6.18 Å². The van der Waals surface area contributed by atoms with Crippen LogP contribution in [0.15, 0.2) is 48.7 Å². The van der Waals surface area contributed by atoms with E-state index < -0.39 is 23.5 Å². The molecule has 0 bridgehead atoms. The first kappa shape index (κ1) is 16.7. The molecule has 0 aliphatic rings. The number of halogens is 5. The summed E-state index contributed by atoms with van der Waals surface area (Å²) in [5.41, 5.74) is -1.32. The highest BCUT2D eigenvalue weighted by Crippen LogP contribution is 2.31. The zero-order valence-corrected chi connectivity index (χ0v) is 12.4. The number of benzene rings is 1. The Labute approximate surface area is 138 Å².